The SMILES string of the molecule is CCC(C)P(C[CH2][Ti]([CH3])([CH3])([CH3])([CH3])[C]1=CC=CC1)C(C)CC.Cl.Cl. The van der Waals surface area contributed by atoms with Crippen molar-refractivity contribution >= 4 is 32.7 Å². The van der Waals surface area contributed by atoms with E-state index in [4.69, 9.17) is 0 Å². The molecule has 0 bridgehead atoms. The smallest absolute Gasteiger partial charge is 0.147 e. The summed E-state index contributed by atoms with van der Waals surface area (Å²) in [6, 6.07) is 0. The van der Waals surface area contributed by atoms with Crippen molar-refractivity contribution in [1.29, 1.82) is 0 Å². The van der Waals surface area contributed by atoms with Gasteiger partial charge >= 0.3 is 134 Å². The molecule has 1 aliphatic rings. The van der Waals surface area contributed by atoms with Gasteiger partial charge in [0.15, 0.2) is 0 Å². The molecule has 1 aliphatic carbocycles. The summed E-state index contributed by atoms with van der Waals surface area (Å²) in [7, 11) is 0.174. The third-order valence-corrected chi connectivity index (χ3v) is 19.7. The van der Waals surface area contributed by atoms with Crippen LogP contribution < -0.4 is 0 Å². The van der Waals surface area contributed by atoms with Gasteiger partial charge in [0, 0.05) is 0 Å². The fraction of sp³-hybridized carbons (Fsp3) is 0.789. The molecule has 0 heterocycles. The first-order chi connectivity index (χ1) is 9.43. The molecule has 0 saturated heterocycles. The number of halogens is 2. The average Bonchev–Trinajstić information content (AvgIpc) is 2.92. The molecule has 140 valence electrons. The quantitative estimate of drug-likeness (QED) is 0.273. The molecule has 0 aromatic carbocycles. The Kier molecular flexibility index (Phi) is 10.0. The van der Waals surface area contributed by atoms with Gasteiger partial charge in [-0.2, -0.15) is 0 Å². The molecule has 0 amide bonds. The first kappa shape index (κ1) is 26.4. The van der Waals surface area contributed by atoms with Crippen LogP contribution in [-0.4, -0.2) is 17.5 Å². The minimum Gasteiger partial charge on any atom is -0.147 e. The molecular formula is C19H41Cl2PTi. The first-order valence-corrected chi connectivity index (χ1v) is 18.8. The van der Waals surface area contributed by atoms with Crippen LogP contribution in [0.25, 0.3) is 0 Å². The molecule has 0 nitrogen and oxygen atoms in total. The molecule has 23 heavy (non-hydrogen) atoms. The van der Waals surface area contributed by atoms with Crippen LogP contribution in [0.3, 0.4) is 0 Å². The third-order valence-electron chi connectivity index (χ3n) is 6.09. The molecule has 0 aromatic heterocycles. The van der Waals surface area contributed by atoms with E-state index in [1.165, 1.54) is 30.1 Å². The molecule has 0 aromatic rings. The van der Waals surface area contributed by atoms with Crippen molar-refractivity contribution in [2.75, 3.05) is 6.16 Å². The first-order valence-electron chi connectivity index (χ1n) is 9.04. The normalized spacial score (nSPS) is 21.1. The van der Waals surface area contributed by atoms with Gasteiger partial charge in [-0.25, -0.2) is 0 Å². The van der Waals surface area contributed by atoms with Gasteiger partial charge < -0.3 is 0 Å². The summed E-state index contributed by atoms with van der Waals surface area (Å²) in [5, 5.41) is 10.7. The van der Waals surface area contributed by atoms with E-state index in [0.717, 1.165) is 11.3 Å². The zero-order chi connectivity index (χ0) is 16.4. The molecule has 4 heteroatoms. The van der Waals surface area contributed by atoms with Crippen LogP contribution in [0.5, 0.6) is 0 Å². The van der Waals surface area contributed by atoms with Crippen LogP contribution in [0.4, 0.5) is 0 Å². The topological polar surface area (TPSA) is 0 Å². The molecular weight excluding hydrogens is 378 g/mol. The van der Waals surface area contributed by atoms with Crippen LogP contribution in [0.15, 0.2) is 22.1 Å². The van der Waals surface area contributed by atoms with E-state index in [0.29, 0.717) is 0 Å². The van der Waals surface area contributed by atoms with Crippen LogP contribution in [0.2, 0.25) is 25.6 Å². The molecule has 0 fully saturated rings. The van der Waals surface area contributed by atoms with E-state index in [-0.39, 0.29) is 32.7 Å². The Bertz CT molecular complexity index is 423. The third kappa shape index (κ3) is 7.15. The molecule has 0 N–H and O–H groups in total. The Balaban J connectivity index is 0. The van der Waals surface area contributed by atoms with Crippen LogP contribution in [0.1, 0.15) is 47.0 Å². The molecule has 0 saturated carbocycles. The molecule has 0 radical (unpaired) electrons. The van der Waals surface area contributed by atoms with Crippen molar-refractivity contribution in [3.8, 4) is 0 Å². The minimum absolute atomic E-state index is 0. The van der Waals surface area contributed by atoms with Gasteiger partial charge in [-0.05, 0) is 0 Å². The summed E-state index contributed by atoms with van der Waals surface area (Å²) in [4.78, 5) is 0. The number of hydrogen-bond acceptors (Lipinski definition) is 0. The minimum atomic E-state index is -2.96. The summed E-state index contributed by atoms with van der Waals surface area (Å²) in [6.45, 7) is 9.75. The van der Waals surface area contributed by atoms with Crippen molar-refractivity contribution < 1.29 is 14.0 Å². The second kappa shape index (κ2) is 8.73. The average molecular weight is 419 g/mol. The zero-order valence-electron chi connectivity index (χ0n) is 16.7. The Morgan fingerprint density at radius 1 is 1.00 bits per heavy atom. The van der Waals surface area contributed by atoms with E-state index in [2.05, 4.69) is 66.8 Å². The van der Waals surface area contributed by atoms with Crippen molar-refractivity contribution in [2.24, 2.45) is 0 Å². The van der Waals surface area contributed by atoms with Crippen LogP contribution >= 0.6 is 32.7 Å². The van der Waals surface area contributed by atoms with Crippen molar-refractivity contribution in [1.82, 2.24) is 0 Å². The van der Waals surface area contributed by atoms with Crippen LogP contribution in [-0.2, 0) is 14.0 Å². The molecule has 0 aliphatic heterocycles. The van der Waals surface area contributed by atoms with Gasteiger partial charge in [0.2, 0.25) is 0 Å². The summed E-state index contributed by atoms with van der Waals surface area (Å²) in [6.07, 6.45) is 12.5. The van der Waals surface area contributed by atoms with Gasteiger partial charge in [-0.3, -0.25) is 0 Å². The predicted molar refractivity (Wildman–Crippen MR) is 116 cm³/mol. The second-order valence-corrected chi connectivity index (χ2v) is 32.9. The maximum absolute atomic E-state index is 2.96. The molecule has 2 atom stereocenters. The maximum atomic E-state index is 2.67. The fourth-order valence-electron chi connectivity index (χ4n) is 3.46. The van der Waals surface area contributed by atoms with Gasteiger partial charge in [0.05, 0.1) is 0 Å². The Morgan fingerprint density at radius 2 is 1.48 bits per heavy atom. The largest absolute Gasteiger partial charge is 0.147 e. The summed E-state index contributed by atoms with van der Waals surface area (Å²) in [5.74, 6) is 0. The van der Waals surface area contributed by atoms with E-state index in [9.17, 15) is 0 Å². The van der Waals surface area contributed by atoms with Gasteiger partial charge in [-0.15, -0.1) is 24.8 Å². The molecule has 0 spiro atoms. The van der Waals surface area contributed by atoms with Gasteiger partial charge in [0.1, 0.15) is 0 Å². The molecule has 2 unspecified atom stereocenters. The van der Waals surface area contributed by atoms with Gasteiger partial charge in [0.25, 0.3) is 0 Å². The molecule has 1 rings (SSSR count). The fourth-order valence-corrected chi connectivity index (χ4v) is 16.9. The van der Waals surface area contributed by atoms with Crippen molar-refractivity contribution in [3.05, 3.63) is 22.1 Å². The summed E-state index contributed by atoms with van der Waals surface area (Å²) in [5.41, 5.74) is 1.85. The van der Waals surface area contributed by atoms with E-state index < -0.39 is 14.0 Å². The number of rotatable bonds is 8. The maximum Gasteiger partial charge on any atom is -0.147 e. The van der Waals surface area contributed by atoms with Gasteiger partial charge in [-0.1, -0.05) is 0 Å². The second-order valence-electron chi connectivity index (χ2n) is 10.4. The standard InChI is InChI=1S/C10H22P.C5H5.4CH3.2ClH.Ti/c1-6-9(4)11(8-3)10(5)7-2;1-2-4-5-3-1;;;;;;;/h9-10H,3,6-8H2,1-2,4-5H3;1-3H,4H2;4*1H3;2*1H;. The van der Waals surface area contributed by atoms with Crippen LogP contribution in [0, 0.1) is 0 Å². The zero-order valence-corrected chi connectivity index (χ0v) is 20.8. The van der Waals surface area contributed by atoms with E-state index in [1.807, 2.05) is 0 Å². The van der Waals surface area contributed by atoms with E-state index >= 15 is 0 Å². The Hall–Kier alpha value is 1.20. The summed E-state index contributed by atoms with van der Waals surface area (Å²) < 4.78 is 3.27. The van der Waals surface area contributed by atoms with Crippen molar-refractivity contribution in [2.45, 2.75) is 83.9 Å². The van der Waals surface area contributed by atoms with Crippen molar-refractivity contribution in [3.63, 3.8) is 0 Å². The number of hydrogen-bond donors (Lipinski definition) is 0. The Labute approximate surface area is 158 Å². The number of allylic oxidation sites excluding steroid dienone is 4. The Morgan fingerprint density at radius 3 is 1.83 bits per heavy atom. The van der Waals surface area contributed by atoms with E-state index in [1.54, 1.807) is 3.88 Å². The predicted octanol–water partition coefficient (Wildman–Crippen LogP) is 8.59. The monoisotopic (exact) mass is 418 g/mol. The summed E-state index contributed by atoms with van der Waals surface area (Å²) >= 11 is -2.96.